The third-order valence-corrected chi connectivity index (χ3v) is 3.92. The van der Waals surface area contributed by atoms with Crippen LogP contribution in [0.3, 0.4) is 0 Å². The van der Waals surface area contributed by atoms with E-state index in [2.05, 4.69) is 17.3 Å². The van der Waals surface area contributed by atoms with Crippen molar-refractivity contribution >= 4 is 11.6 Å². The standard InChI is InChI=1S/C14H22N4O/c1-2-11-4-3-8-18(9-6-11)14(19)12-5-7-16-10-13(12)17-15/h5,7,10-11,17H,2-4,6,8-9,15H2,1H3. The maximum Gasteiger partial charge on any atom is 0.256 e. The molecular weight excluding hydrogens is 240 g/mol. The summed E-state index contributed by atoms with van der Waals surface area (Å²) in [7, 11) is 0. The lowest BCUT2D eigenvalue weighted by Crippen LogP contribution is -2.32. The van der Waals surface area contributed by atoms with Crippen molar-refractivity contribution in [3.63, 3.8) is 0 Å². The lowest BCUT2D eigenvalue weighted by atomic mass is 9.98. The quantitative estimate of drug-likeness (QED) is 0.646. The first-order valence-corrected chi connectivity index (χ1v) is 6.96. The van der Waals surface area contributed by atoms with E-state index in [-0.39, 0.29) is 5.91 Å². The molecule has 5 heteroatoms. The summed E-state index contributed by atoms with van der Waals surface area (Å²) in [6, 6.07) is 1.72. The molecule has 0 aliphatic carbocycles. The first-order chi connectivity index (χ1) is 9.26. The largest absolute Gasteiger partial charge is 0.339 e. The zero-order valence-corrected chi connectivity index (χ0v) is 11.4. The van der Waals surface area contributed by atoms with Gasteiger partial charge < -0.3 is 10.3 Å². The summed E-state index contributed by atoms with van der Waals surface area (Å²) >= 11 is 0. The van der Waals surface area contributed by atoms with Crippen LogP contribution in [0.25, 0.3) is 0 Å². The van der Waals surface area contributed by atoms with Crippen molar-refractivity contribution in [1.29, 1.82) is 0 Å². The second-order valence-electron chi connectivity index (χ2n) is 5.06. The Morgan fingerprint density at radius 1 is 1.53 bits per heavy atom. The van der Waals surface area contributed by atoms with E-state index >= 15 is 0 Å². The third kappa shape index (κ3) is 3.23. The third-order valence-electron chi connectivity index (χ3n) is 3.92. The number of amides is 1. The van der Waals surface area contributed by atoms with E-state index in [1.165, 1.54) is 12.8 Å². The molecular formula is C14H22N4O. The number of nitrogen functional groups attached to an aromatic ring is 1. The molecule has 3 N–H and O–H groups in total. The molecule has 1 atom stereocenters. The van der Waals surface area contributed by atoms with Crippen molar-refractivity contribution in [2.75, 3.05) is 18.5 Å². The minimum Gasteiger partial charge on any atom is -0.339 e. The predicted octanol–water partition coefficient (Wildman–Crippen LogP) is 2.02. The topological polar surface area (TPSA) is 71.2 Å². The highest BCUT2D eigenvalue weighted by Crippen LogP contribution is 2.22. The van der Waals surface area contributed by atoms with E-state index in [4.69, 9.17) is 5.84 Å². The highest BCUT2D eigenvalue weighted by Gasteiger charge is 2.22. The van der Waals surface area contributed by atoms with E-state index in [0.717, 1.165) is 31.8 Å². The van der Waals surface area contributed by atoms with Crippen LogP contribution in [0.4, 0.5) is 5.69 Å². The van der Waals surface area contributed by atoms with Gasteiger partial charge in [0, 0.05) is 19.3 Å². The van der Waals surface area contributed by atoms with Crippen molar-refractivity contribution in [1.82, 2.24) is 9.88 Å². The second kappa shape index (κ2) is 6.52. The van der Waals surface area contributed by atoms with E-state index in [0.29, 0.717) is 11.3 Å². The average Bonchev–Trinajstić information content (AvgIpc) is 2.71. The highest BCUT2D eigenvalue weighted by molar-refractivity contribution is 5.99. The molecule has 1 aliphatic rings. The molecule has 19 heavy (non-hydrogen) atoms. The van der Waals surface area contributed by atoms with Crippen LogP contribution < -0.4 is 11.3 Å². The molecule has 0 spiro atoms. The molecule has 0 saturated carbocycles. The summed E-state index contributed by atoms with van der Waals surface area (Å²) in [6.45, 7) is 3.90. The van der Waals surface area contributed by atoms with Gasteiger partial charge >= 0.3 is 0 Å². The van der Waals surface area contributed by atoms with Gasteiger partial charge in [-0.1, -0.05) is 13.3 Å². The Kier molecular flexibility index (Phi) is 4.74. The summed E-state index contributed by atoms with van der Waals surface area (Å²) in [5, 5.41) is 0. The fourth-order valence-corrected chi connectivity index (χ4v) is 2.64. The van der Waals surface area contributed by atoms with Gasteiger partial charge in [0.05, 0.1) is 17.4 Å². The van der Waals surface area contributed by atoms with Gasteiger partial charge in [-0.25, -0.2) is 0 Å². The van der Waals surface area contributed by atoms with E-state index in [1.54, 1.807) is 18.5 Å². The van der Waals surface area contributed by atoms with Crippen LogP contribution in [0.5, 0.6) is 0 Å². The average molecular weight is 262 g/mol. The van der Waals surface area contributed by atoms with Crippen LogP contribution in [0, 0.1) is 5.92 Å². The number of rotatable bonds is 3. The molecule has 1 aliphatic heterocycles. The summed E-state index contributed by atoms with van der Waals surface area (Å²) in [4.78, 5) is 18.4. The van der Waals surface area contributed by atoms with E-state index in [1.807, 2.05) is 4.90 Å². The highest BCUT2D eigenvalue weighted by atomic mass is 16.2. The zero-order valence-electron chi connectivity index (χ0n) is 11.4. The van der Waals surface area contributed by atoms with E-state index in [9.17, 15) is 4.79 Å². The summed E-state index contributed by atoms with van der Waals surface area (Å²) in [6.07, 6.45) is 7.81. The number of aromatic nitrogens is 1. The van der Waals surface area contributed by atoms with Crippen LogP contribution in [0.1, 0.15) is 43.0 Å². The van der Waals surface area contributed by atoms with Crippen LogP contribution in [-0.4, -0.2) is 28.9 Å². The number of hydrogen-bond acceptors (Lipinski definition) is 4. The summed E-state index contributed by atoms with van der Waals surface area (Å²) < 4.78 is 0. The van der Waals surface area contributed by atoms with Crippen LogP contribution in [0.15, 0.2) is 18.5 Å². The Labute approximate surface area is 114 Å². The van der Waals surface area contributed by atoms with E-state index < -0.39 is 0 Å². The maximum absolute atomic E-state index is 12.5. The molecule has 1 amide bonds. The molecule has 1 fully saturated rings. The molecule has 0 radical (unpaired) electrons. The fourth-order valence-electron chi connectivity index (χ4n) is 2.64. The predicted molar refractivity (Wildman–Crippen MR) is 75.6 cm³/mol. The van der Waals surface area contributed by atoms with Gasteiger partial charge in [-0.3, -0.25) is 15.6 Å². The van der Waals surface area contributed by atoms with Gasteiger partial charge in [0.1, 0.15) is 0 Å². The number of hydrazine groups is 1. The number of pyridine rings is 1. The monoisotopic (exact) mass is 262 g/mol. The Morgan fingerprint density at radius 3 is 3.11 bits per heavy atom. The minimum absolute atomic E-state index is 0.0482. The first-order valence-electron chi connectivity index (χ1n) is 6.96. The molecule has 1 saturated heterocycles. The lowest BCUT2D eigenvalue weighted by Gasteiger charge is -2.21. The van der Waals surface area contributed by atoms with Gasteiger partial charge in [-0.05, 0) is 31.2 Å². The molecule has 0 aromatic carbocycles. The van der Waals surface area contributed by atoms with Crippen molar-refractivity contribution < 1.29 is 4.79 Å². The first kappa shape index (κ1) is 13.8. The number of carbonyl (C=O) groups excluding carboxylic acids is 1. The number of likely N-dealkylation sites (tertiary alicyclic amines) is 1. The Morgan fingerprint density at radius 2 is 2.37 bits per heavy atom. The Hall–Kier alpha value is -1.62. The second-order valence-corrected chi connectivity index (χ2v) is 5.06. The van der Waals surface area contributed by atoms with Crippen LogP contribution in [-0.2, 0) is 0 Å². The smallest absolute Gasteiger partial charge is 0.256 e. The molecule has 5 nitrogen and oxygen atoms in total. The molecule has 1 aromatic heterocycles. The molecule has 104 valence electrons. The van der Waals surface area contributed by atoms with Crippen molar-refractivity contribution in [2.45, 2.75) is 32.6 Å². The molecule has 1 unspecified atom stereocenters. The Balaban J connectivity index is 2.10. The van der Waals surface area contributed by atoms with Crippen LogP contribution >= 0.6 is 0 Å². The van der Waals surface area contributed by atoms with Crippen molar-refractivity contribution in [3.8, 4) is 0 Å². The maximum atomic E-state index is 12.5. The summed E-state index contributed by atoms with van der Waals surface area (Å²) in [5.74, 6) is 6.23. The van der Waals surface area contributed by atoms with Crippen LogP contribution in [0.2, 0.25) is 0 Å². The lowest BCUT2D eigenvalue weighted by molar-refractivity contribution is 0.0760. The van der Waals surface area contributed by atoms with Gasteiger partial charge in [0.2, 0.25) is 0 Å². The molecule has 0 bridgehead atoms. The zero-order chi connectivity index (χ0) is 13.7. The SMILES string of the molecule is CCC1CCCN(C(=O)c2ccncc2NN)CC1. The van der Waals surface area contributed by atoms with Crippen molar-refractivity contribution in [2.24, 2.45) is 11.8 Å². The number of hydrogen-bond donors (Lipinski definition) is 2. The minimum atomic E-state index is 0.0482. The molecule has 2 heterocycles. The number of anilines is 1. The number of nitrogens with zero attached hydrogens (tertiary/aromatic N) is 2. The summed E-state index contributed by atoms with van der Waals surface area (Å²) in [5.41, 5.74) is 3.73. The van der Waals surface area contributed by atoms with Gasteiger partial charge in [0.15, 0.2) is 0 Å². The van der Waals surface area contributed by atoms with Gasteiger partial charge in [-0.15, -0.1) is 0 Å². The number of nitrogens with one attached hydrogen (secondary N) is 1. The number of carbonyl (C=O) groups is 1. The Bertz CT molecular complexity index is 435. The molecule has 1 aromatic rings. The van der Waals surface area contributed by atoms with Crippen molar-refractivity contribution in [3.05, 3.63) is 24.0 Å². The molecule has 2 rings (SSSR count). The normalized spacial score (nSPS) is 19.9. The van der Waals surface area contributed by atoms with Gasteiger partial charge in [-0.2, -0.15) is 0 Å². The fraction of sp³-hybridized carbons (Fsp3) is 0.571. The van der Waals surface area contributed by atoms with Gasteiger partial charge in [0.25, 0.3) is 5.91 Å². The number of nitrogens with two attached hydrogens (primary N) is 1.